The third kappa shape index (κ3) is 5.00. The van der Waals surface area contributed by atoms with E-state index in [9.17, 15) is 14.7 Å². The van der Waals surface area contributed by atoms with E-state index in [1.165, 1.54) is 11.2 Å². The number of rotatable bonds is 9. The molecule has 1 unspecified atom stereocenters. The van der Waals surface area contributed by atoms with Gasteiger partial charge in [0.25, 0.3) is 5.91 Å². The van der Waals surface area contributed by atoms with Gasteiger partial charge in [0.05, 0.1) is 24.4 Å². The van der Waals surface area contributed by atoms with Gasteiger partial charge in [0.15, 0.2) is 11.5 Å². The van der Waals surface area contributed by atoms with Crippen molar-refractivity contribution in [2.45, 2.75) is 39.5 Å². The molecule has 170 valence electrons. The Kier molecular flexibility index (Phi) is 6.63. The molecule has 0 radical (unpaired) electrons. The highest BCUT2D eigenvalue weighted by Crippen LogP contribution is 2.40. The highest BCUT2D eigenvalue weighted by molar-refractivity contribution is 6.09. The van der Waals surface area contributed by atoms with Gasteiger partial charge >= 0.3 is 0 Å². The normalized spacial score (nSPS) is 16.0. The van der Waals surface area contributed by atoms with Crippen molar-refractivity contribution in [3.05, 3.63) is 101 Å². The van der Waals surface area contributed by atoms with Crippen LogP contribution in [0.1, 0.15) is 43.2 Å². The number of benzene rings is 2. The molecule has 1 amide bonds. The number of hydrogen-bond acceptors (Lipinski definition) is 5. The van der Waals surface area contributed by atoms with Gasteiger partial charge in [0, 0.05) is 6.42 Å². The number of carbonyl (C=O) groups excluding carboxylic acids is 2. The van der Waals surface area contributed by atoms with Crippen LogP contribution in [0.5, 0.6) is 5.75 Å². The first-order valence-corrected chi connectivity index (χ1v) is 11.0. The lowest BCUT2D eigenvalue weighted by atomic mass is 9.92. The third-order valence-corrected chi connectivity index (χ3v) is 5.55. The molecule has 2 aromatic carbocycles. The minimum atomic E-state index is -0.697. The standard InChI is InChI=1S/C27H27NO5/c1-18(2)15-23(29)24-25(28(27(31)26(24)30)16-22-9-6-14-32-22)20-10-12-21(13-11-20)33-17-19-7-4-3-5-8-19/h3-14,18,25,30H,15-17H2,1-2H3. The fourth-order valence-electron chi connectivity index (χ4n) is 3.99. The van der Waals surface area contributed by atoms with Crippen molar-refractivity contribution in [3.63, 3.8) is 0 Å². The fraction of sp³-hybridized carbons (Fsp3) is 0.259. The molecule has 4 rings (SSSR count). The molecule has 0 spiro atoms. The summed E-state index contributed by atoms with van der Waals surface area (Å²) in [5.74, 6) is 0.0532. The molecule has 1 N–H and O–H groups in total. The first kappa shape index (κ1) is 22.4. The molecule has 6 nitrogen and oxygen atoms in total. The molecule has 0 bridgehead atoms. The topological polar surface area (TPSA) is 80.0 Å². The fourth-order valence-corrected chi connectivity index (χ4v) is 3.99. The van der Waals surface area contributed by atoms with E-state index in [4.69, 9.17) is 9.15 Å². The average molecular weight is 446 g/mol. The first-order valence-electron chi connectivity index (χ1n) is 11.0. The number of ketones is 1. The van der Waals surface area contributed by atoms with Crippen LogP contribution in [0.3, 0.4) is 0 Å². The van der Waals surface area contributed by atoms with Gasteiger partial charge < -0.3 is 19.2 Å². The SMILES string of the molecule is CC(C)CC(=O)C1=C(O)C(=O)N(Cc2ccco2)C1c1ccc(OCc2ccccc2)cc1. The molecule has 1 atom stereocenters. The molecule has 1 aliphatic rings. The van der Waals surface area contributed by atoms with Gasteiger partial charge in [-0.05, 0) is 41.3 Å². The summed E-state index contributed by atoms with van der Waals surface area (Å²) in [6.07, 6.45) is 1.78. The Morgan fingerprint density at radius 3 is 2.42 bits per heavy atom. The van der Waals surface area contributed by atoms with Crippen LogP contribution in [0.25, 0.3) is 0 Å². The Morgan fingerprint density at radius 1 is 1.06 bits per heavy atom. The van der Waals surface area contributed by atoms with Crippen LogP contribution in [0.4, 0.5) is 0 Å². The summed E-state index contributed by atoms with van der Waals surface area (Å²) in [6, 6.07) is 19.9. The highest BCUT2D eigenvalue weighted by atomic mass is 16.5. The van der Waals surface area contributed by atoms with Crippen molar-refractivity contribution in [3.8, 4) is 5.75 Å². The summed E-state index contributed by atoms with van der Waals surface area (Å²) < 4.78 is 11.3. The summed E-state index contributed by atoms with van der Waals surface area (Å²) >= 11 is 0. The zero-order chi connectivity index (χ0) is 23.4. The van der Waals surface area contributed by atoms with Gasteiger partial charge in [-0.15, -0.1) is 0 Å². The van der Waals surface area contributed by atoms with Gasteiger partial charge in [0.1, 0.15) is 18.1 Å². The lowest BCUT2D eigenvalue weighted by Gasteiger charge is -2.26. The van der Waals surface area contributed by atoms with Crippen molar-refractivity contribution in [1.29, 1.82) is 0 Å². The van der Waals surface area contributed by atoms with Gasteiger partial charge in [-0.2, -0.15) is 0 Å². The molecule has 1 aliphatic heterocycles. The molecular formula is C27H27NO5. The molecule has 0 fully saturated rings. The van der Waals surface area contributed by atoms with E-state index in [2.05, 4.69) is 0 Å². The molecule has 3 aromatic rings. The van der Waals surface area contributed by atoms with Crippen LogP contribution in [0.2, 0.25) is 0 Å². The maximum Gasteiger partial charge on any atom is 0.290 e. The summed E-state index contributed by atoms with van der Waals surface area (Å²) in [5.41, 5.74) is 1.92. The summed E-state index contributed by atoms with van der Waals surface area (Å²) in [5, 5.41) is 10.6. The Morgan fingerprint density at radius 2 is 1.79 bits per heavy atom. The zero-order valence-corrected chi connectivity index (χ0v) is 18.7. The number of aliphatic hydroxyl groups excluding tert-OH is 1. The number of nitrogens with zero attached hydrogens (tertiary/aromatic N) is 1. The maximum atomic E-state index is 13.0. The Labute approximate surface area is 193 Å². The minimum Gasteiger partial charge on any atom is -0.503 e. The van der Waals surface area contributed by atoms with E-state index < -0.39 is 17.7 Å². The molecule has 1 aromatic heterocycles. The monoisotopic (exact) mass is 445 g/mol. The average Bonchev–Trinajstić information content (AvgIpc) is 3.41. The molecule has 33 heavy (non-hydrogen) atoms. The Balaban J connectivity index is 1.61. The molecule has 0 saturated carbocycles. The Hall–Kier alpha value is -3.80. The van der Waals surface area contributed by atoms with Crippen molar-refractivity contribution < 1.29 is 23.8 Å². The highest BCUT2D eigenvalue weighted by Gasteiger charge is 2.43. The van der Waals surface area contributed by atoms with E-state index in [1.807, 2.05) is 68.4 Å². The molecule has 0 aliphatic carbocycles. The van der Waals surface area contributed by atoms with E-state index >= 15 is 0 Å². The van der Waals surface area contributed by atoms with Crippen LogP contribution >= 0.6 is 0 Å². The molecule has 2 heterocycles. The summed E-state index contributed by atoms with van der Waals surface area (Å²) in [7, 11) is 0. The van der Waals surface area contributed by atoms with Crippen LogP contribution in [0, 0.1) is 5.92 Å². The number of furan rings is 1. The number of ether oxygens (including phenoxy) is 1. The van der Waals surface area contributed by atoms with Crippen molar-refractivity contribution in [1.82, 2.24) is 4.90 Å². The predicted octanol–water partition coefficient (Wildman–Crippen LogP) is 5.37. The maximum absolute atomic E-state index is 13.0. The van der Waals surface area contributed by atoms with Crippen molar-refractivity contribution in [2.75, 3.05) is 0 Å². The van der Waals surface area contributed by atoms with Crippen LogP contribution in [-0.4, -0.2) is 21.7 Å². The second-order valence-electron chi connectivity index (χ2n) is 8.54. The molecular weight excluding hydrogens is 418 g/mol. The van der Waals surface area contributed by atoms with E-state index in [0.717, 1.165) is 11.1 Å². The second-order valence-corrected chi connectivity index (χ2v) is 8.54. The zero-order valence-electron chi connectivity index (χ0n) is 18.7. The van der Waals surface area contributed by atoms with Gasteiger partial charge in [-0.25, -0.2) is 0 Å². The second kappa shape index (κ2) is 9.77. The van der Waals surface area contributed by atoms with Crippen LogP contribution in [0.15, 0.2) is 88.7 Å². The lowest BCUT2D eigenvalue weighted by molar-refractivity contribution is -0.130. The van der Waals surface area contributed by atoms with Gasteiger partial charge in [0.2, 0.25) is 0 Å². The van der Waals surface area contributed by atoms with Crippen molar-refractivity contribution in [2.24, 2.45) is 5.92 Å². The third-order valence-electron chi connectivity index (χ3n) is 5.55. The number of Topliss-reactive ketones (excluding diaryl/α,β-unsaturated/α-hetero) is 1. The smallest absolute Gasteiger partial charge is 0.290 e. The van der Waals surface area contributed by atoms with Gasteiger partial charge in [-0.3, -0.25) is 9.59 Å². The van der Waals surface area contributed by atoms with E-state index in [1.54, 1.807) is 12.1 Å². The lowest BCUT2D eigenvalue weighted by Crippen LogP contribution is -2.30. The first-order chi connectivity index (χ1) is 15.9. The summed E-state index contributed by atoms with van der Waals surface area (Å²) in [4.78, 5) is 27.4. The van der Waals surface area contributed by atoms with E-state index in [-0.39, 0.29) is 30.2 Å². The number of carbonyl (C=O) groups is 2. The number of amides is 1. The molecule has 6 heteroatoms. The van der Waals surface area contributed by atoms with Gasteiger partial charge in [-0.1, -0.05) is 56.3 Å². The Bertz CT molecular complexity index is 1130. The largest absolute Gasteiger partial charge is 0.503 e. The van der Waals surface area contributed by atoms with Crippen molar-refractivity contribution >= 4 is 11.7 Å². The predicted molar refractivity (Wildman–Crippen MR) is 123 cm³/mol. The van der Waals surface area contributed by atoms with Crippen LogP contribution < -0.4 is 4.74 Å². The van der Waals surface area contributed by atoms with Crippen LogP contribution in [-0.2, 0) is 22.7 Å². The quantitative estimate of drug-likeness (QED) is 0.479. The molecule has 0 saturated heterocycles. The van der Waals surface area contributed by atoms with E-state index in [0.29, 0.717) is 18.1 Å². The summed E-state index contributed by atoms with van der Waals surface area (Å²) in [6.45, 7) is 4.44. The number of aliphatic hydroxyl groups is 1. The minimum absolute atomic E-state index is 0.0986. The number of hydrogen-bond donors (Lipinski definition) is 1.